The van der Waals surface area contributed by atoms with Crippen LogP contribution in [0.3, 0.4) is 0 Å². The van der Waals surface area contributed by atoms with Crippen molar-refractivity contribution < 1.29 is 9.53 Å². The molecule has 5 rings (SSSR count). The highest BCUT2D eigenvalue weighted by Crippen LogP contribution is 2.44. The summed E-state index contributed by atoms with van der Waals surface area (Å²) < 4.78 is 5.75. The maximum absolute atomic E-state index is 12.3. The Morgan fingerprint density at radius 2 is 1.98 bits per heavy atom. The van der Waals surface area contributed by atoms with Crippen LogP contribution in [-0.4, -0.2) is 83.8 Å². The molecular formula is C31H38N10O2. The molecule has 0 radical (unpaired) electrons. The number of carbonyl (C=O) groups excluding carboxylic acids is 1. The summed E-state index contributed by atoms with van der Waals surface area (Å²) in [6, 6.07) is 9.68. The van der Waals surface area contributed by atoms with Gasteiger partial charge in [0, 0.05) is 56.1 Å². The molecule has 12 nitrogen and oxygen atoms in total. The lowest BCUT2D eigenvalue weighted by Crippen LogP contribution is -2.29. The van der Waals surface area contributed by atoms with E-state index in [1.807, 2.05) is 51.6 Å². The van der Waals surface area contributed by atoms with Crippen molar-refractivity contribution in [2.45, 2.75) is 19.3 Å². The molecule has 1 aliphatic heterocycles. The van der Waals surface area contributed by atoms with E-state index in [1.54, 1.807) is 19.5 Å². The van der Waals surface area contributed by atoms with Crippen molar-refractivity contribution in [3.05, 3.63) is 67.3 Å². The topological polar surface area (TPSA) is 127 Å². The zero-order valence-electron chi connectivity index (χ0n) is 25.5. The second-order valence-electron chi connectivity index (χ2n) is 11.4. The average molecular weight is 583 g/mol. The second kappa shape index (κ2) is 12.1. The van der Waals surface area contributed by atoms with E-state index in [-0.39, 0.29) is 11.3 Å². The van der Waals surface area contributed by atoms with Crippen LogP contribution in [0.15, 0.2) is 61.6 Å². The van der Waals surface area contributed by atoms with Gasteiger partial charge in [0.2, 0.25) is 11.9 Å². The summed E-state index contributed by atoms with van der Waals surface area (Å²) in [5.41, 5.74) is 5.64. The highest BCUT2D eigenvalue weighted by molar-refractivity contribution is 6.02. The highest BCUT2D eigenvalue weighted by atomic mass is 16.5. The van der Waals surface area contributed by atoms with Gasteiger partial charge in [0.05, 0.1) is 47.4 Å². The van der Waals surface area contributed by atoms with Gasteiger partial charge in [0.15, 0.2) is 0 Å². The predicted molar refractivity (Wildman–Crippen MR) is 171 cm³/mol. The number of aromatic amines is 1. The van der Waals surface area contributed by atoms with E-state index in [0.717, 1.165) is 47.2 Å². The largest absolute Gasteiger partial charge is 0.494 e. The van der Waals surface area contributed by atoms with Crippen LogP contribution in [0, 0.1) is 0 Å². The molecule has 0 unspecified atom stereocenters. The zero-order valence-corrected chi connectivity index (χ0v) is 25.5. The molecule has 12 heteroatoms. The van der Waals surface area contributed by atoms with Crippen LogP contribution >= 0.6 is 0 Å². The molecule has 1 aromatic carbocycles. The third-order valence-corrected chi connectivity index (χ3v) is 7.37. The van der Waals surface area contributed by atoms with Gasteiger partial charge in [-0.05, 0) is 44.4 Å². The van der Waals surface area contributed by atoms with E-state index < -0.39 is 0 Å². The molecular weight excluding hydrogens is 544 g/mol. The number of pyridine rings is 1. The van der Waals surface area contributed by atoms with Gasteiger partial charge in [-0.15, -0.1) is 0 Å². The number of carbonyl (C=O) groups is 1. The number of likely N-dealkylation sites (N-methyl/N-ethyl adjacent to an activating group) is 2. The van der Waals surface area contributed by atoms with Gasteiger partial charge in [-0.1, -0.05) is 20.4 Å². The monoisotopic (exact) mass is 582 g/mol. The van der Waals surface area contributed by atoms with Crippen molar-refractivity contribution in [3.63, 3.8) is 0 Å². The Morgan fingerprint density at radius 1 is 1.16 bits per heavy atom. The van der Waals surface area contributed by atoms with E-state index in [1.165, 1.54) is 6.08 Å². The molecule has 0 spiro atoms. The quantitative estimate of drug-likeness (QED) is 0.217. The number of H-pyrrole nitrogens is 1. The van der Waals surface area contributed by atoms with Crippen LogP contribution in [-0.2, 0) is 10.2 Å². The third kappa shape index (κ3) is 6.28. The number of aromatic nitrogens is 5. The number of ether oxygens (including phenoxy) is 1. The van der Waals surface area contributed by atoms with Crippen LogP contribution < -0.4 is 25.2 Å². The molecule has 0 fully saturated rings. The first kappa shape index (κ1) is 29.5. The summed E-state index contributed by atoms with van der Waals surface area (Å²) in [7, 11) is 7.63. The number of nitrogens with one attached hydrogen (secondary N) is 3. The van der Waals surface area contributed by atoms with Gasteiger partial charge in [0.1, 0.15) is 11.6 Å². The average Bonchev–Trinajstić information content (AvgIpc) is 3.62. The number of anilines is 6. The molecule has 43 heavy (non-hydrogen) atoms. The molecule has 3 N–H and O–H groups in total. The Bertz CT molecular complexity index is 1620. The number of hydrogen-bond donors (Lipinski definition) is 3. The Kier molecular flexibility index (Phi) is 8.31. The number of nitrogens with zero attached hydrogens (tertiary/aromatic N) is 7. The second-order valence-corrected chi connectivity index (χ2v) is 11.4. The van der Waals surface area contributed by atoms with E-state index in [4.69, 9.17) is 14.7 Å². The Hall–Kier alpha value is -4.97. The van der Waals surface area contributed by atoms with Crippen molar-refractivity contribution in [1.82, 2.24) is 30.0 Å². The van der Waals surface area contributed by atoms with Crippen molar-refractivity contribution in [2.75, 3.05) is 68.3 Å². The van der Waals surface area contributed by atoms with Gasteiger partial charge in [0.25, 0.3) is 0 Å². The normalized spacial score (nSPS) is 13.5. The number of amides is 1. The van der Waals surface area contributed by atoms with Crippen LogP contribution in [0.2, 0.25) is 0 Å². The maximum atomic E-state index is 12.3. The molecule has 3 aromatic heterocycles. The Morgan fingerprint density at radius 3 is 2.67 bits per heavy atom. The van der Waals surface area contributed by atoms with E-state index >= 15 is 0 Å². The van der Waals surface area contributed by atoms with Crippen molar-refractivity contribution in [3.8, 4) is 17.0 Å². The fourth-order valence-electron chi connectivity index (χ4n) is 5.07. The van der Waals surface area contributed by atoms with E-state index in [0.29, 0.717) is 29.6 Å². The molecule has 4 heterocycles. The smallest absolute Gasteiger partial charge is 0.247 e. The summed E-state index contributed by atoms with van der Waals surface area (Å²) >= 11 is 0. The summed E-state index contributed by atoms with van der Waals surface area (Å²) in [6.07, 6.45) is 6.58. The highest BCUT2D eigenvalue weighted by Gasteiger charge is 2.38. The summed E-state index contributed by atoms with van der Waals surface area (Å²) in [5.74, 6) is 1.40. The number of rotatable bonds is 11. The molecule has 0 bridgehead atoms. The number of methoxy groups -OCH3 is 1. The van der Waals surface area contributed by atoms with Gasteiger partial charge >= 0.3 is 0 Å². The standard InChI is InChI=1S/C31H38N10O2/c1-8-28(42)35-22-15-23(26(43-7)16-25(22)40(6)14-13-39(4)5)37-30-32-12-11-27(38-30)41-19-31(2,3)29-24(41)10-9-21(36-29)20-17-33-34-18-20/h8-12,15-18H,1,13-14,19H2,2-7H3,(H,33,34)(H,35,42)(H,32,37,38). The minimum atomic E-state index is -0.309. The minimum absolute atomic E-state index is 0.205. The lowest BCUT2D eigenvalue weighted by atomic mass is 9.91. The van der Waals surface area contributed by atoms with Crippen molar-refractivity contribution >= 4 is 40.4 Å². The maximum Gasteiger partial charge on any atom is 0.247 e. The first-order valence-corrected chi connectivity index (χ1v) is 14.0. The SMILES string of the molecule is C=CC(=O)Nc1cc(Nc2nccc(N3CC(C)(C)c4nc(-c5cn[nH]c5)ccc43)n2)c(OC)cc1N(C)CCN(C)C. The molecule has 0 aliphatic carbocycles. The molecule has 224 valence electrons. The molecule has 4 aromatic rings. The van der Waals surface area contributed by atoms with Gasteiger partial charge in [-0.25, -0.2) is 9.97 Å². The number of hydrogen-bond acceptors (Lipinski definition) is 10. The summed E-state index contributed by atoms with van der Waals surface area (Å²) in [5, 5.41) is 13.1. The minimum Gasteiger partial charge on any atom is -0.494 e. The van der Waals surface area contributed by atoms with Gasteiger partial charge < -0.3 is 30.1 Å². The fourth-order valence-corrected chi connectivity index (χ4v) is 5.07. The predicted octanol–water partition coefficient (Wildman–Crippen LogP) is 4.57. The Labute approximate surface area is 251 Å². The van der Waals surface area contributed by atoms with Gasteiger partial charge in [-0.2, -0.15) is 10.1 Å². The third-order valence-electron chi connectivity index (χ3n) is 7.37. The van der Waals surface area contributed by atoms with E-state index in [2.05, 4.69) is 67.0 Å². The fraction of sp³-hybridized carbons (Fsp3) is 0.323. The molecule has 0 atom stereocenters. The van der Waals surface area contributed by atoms with Crippen molar-refractivity contribution in [2.24, 2.45) is 0 Å². The first-order chi connectivity index (χ1) is 20.6. The number of fused-ring (bicyclic) bond motifs is 1. The van der Waals surface area contributed by atoms with Crippen LogP contribution in [0.1, 0.15) is 19.5 Å². The Balaban J connectivity index is 1.46. The first-order valence-electron chi connectivity index (χ1n) is 14.0. The van der Waals surface area contributed by atoms with Crippen LogP contribution in [0.5, 0.6) is 5.75 Å². The van der Waals surface area contributed by atoms with Gasteiger partial charge in [-0.3, -0.25) is 9.89 Å². The summed E-state index contributed by atoms with van der Waals surface area (Å²) in [6.45, 7) is 10.2. The lowest BCUT2D eigenvalue weighted by molar-refractivity contribution is -0.111. The summed E-state index contributed by atoms with van der Waals surface area (Å²) in [4.78, 5) is 33.0. The van der Waals surface area contributed by atoms with E-state index in [9.17, 15) is 4.79 Å². The number of benzene rings is 1. The molecule has 1 amide bonds. The molecule has 0 saturated heterocycles. The van der Waals surface area contributed by atoms with Crippen LogP contribution in [0.25, 0.3) is 11.3 Å². The zero-order chi connectivity index (χ0) is 30.7. The molecule has 0 saturated carbocycles. The molecule has 1 aliphatic rings. The van der Waals surface area contributed by atoms with Crippen molar-refractivity contribution in [1.29, 1.82) is 0 Å². The lowest BCUT2D eigenvalue weighted by Gasteiger charge is -2.26. The van der Waals surface area contributed by atoms with Crippen LogP contribution in [0.4, 0.5) is 34.5 Å².